The fraction of sp³-hybridized carbons (Fsp3) is 0.231. The van der Waals surface area contributed by atoms with Crippen molar-refractivity contribution in [2.45, 2.75) is 12.8 Å². The Bertz CT molecular complexity index is 677. The maximum Gasteiger partial charge on any atom is 0.100 e. The number of alkyl halides is 1. The number of fused-ring (bicyclic) bond motifs is 3. The number of benzene rings is 1. The van der Waals surface area contributed by atoms with E-state index in [1.807, 2.05) is 30.6 Å². The van der Waals surface area contributed by atoms with Crippen molar-refractivity contribution >= 4 is 32.5 Å². The second-order valence-corrected chi connectivity index (χ2v) is 5.01. The first-order valence-corrected chi connectivity index (χ1v) is 6.35. The lowest BCUT2D eigenvalue weighted by atomic mass is 10.0. The molecule has 1 unspecified atom stereocenters. The van der Waals surface area contributed by atoms with E-state index in [0.717, 1.165) is 26.7 Å². The third-order valence-electron chi connectivity index (χ3n) is 2.99. The van der Waals surface area contributed by atoms with Crippen molar-refractivity contribution in [3.8, 4) is 0 Å². The van der Waals surface area contributed by atoms with Crippen LogP contribution in [0.3, 0.4) is 0 Å². The molecule has 0 saturated heterocycles. The van der Waals surface area contributed by atoms with Gasteiger partial charge in [0.1, 0.15) is 5.52 Å². The van der Waals surface area contributed by atoms with Crippen LogP contribution in [-0.4, -0.2) is 16.6 Å². The first-order chi connectivity index (χ1) is 8.29. The van der Waals surface area contributed by atoms with Crippen molar-refractivity contribution in [1.29, 1.82) is 0 Å². The van der Waals surface area contributed by atoms with E-state index >= 15 is 0 Å². The molecule has 0 aliphatic heterocycles. The molecular formula is C13H11FN2S. The highest BCUT2D eigenvalue weighted by molar-refractivity contribution is 7.17. The molecule has 0 fully saturated rings. The van der Waals surface area contributed by atoms with Crippen molar-refractivity contribution in [3.63, 3.8) is 0 Å². The van der Waals surface area contributed by atoms with Crippen molar-refractivity contribution in [3.05, 3.63) is 35.5 Å². The van der Waals surface area contributed by atoms with Crippen molar-refractivity contribution in [2.75, 3.05) is 6.67 Å². The van der Waals surface area contributed by atoms with Gasteiger partial charge in [0, 0.05) is 11.3 Å². The Morgan fingerprint density at radius 1 is 1.29 bits per heavy atom. The van der Waals surface area contributed by atoms with Gasteiger partial charge < -0.3 is 0 Å². The largest absolute Gasteiger partial charge is 0.254 e. The molecule has 0 bridgehead atoms. The molecule has 1 aromatic carbocycles. The van der Waals surface area contributed by atoms with E-state index in [9.17, 15) is 4.39 Å². The molecule has 1 atom stereocenters. The standard InChI is InChI=1S/C13H11FN2S/c1-8(5-14)9-2-3-10-11(4-9)15-6-12-13(10)17-7-16-12/h2-4,6-8H,5H2,1H3. The van der Waals surface area contributed by atoms with Gasteiger partial charge in [-0.25, -0.2) is 4.98 Å². The van der Waals surface area contributed by atoms with Gasteiger partial charge in [-0.2, -0.15) is 0 Å². The highest BCUT2D eigenvalue weighted by Gasteiger charge is 2.08. The number of thiazole rings is 1. The molecular weight excluding hydrogens is 235 g/mol. The predicted molar refractivity (Wildman–Crippen MR) is 69.3 cm³/mol. The smallest absolute Gasteiger partial charge is 0.100 e. The molecule has 0 aliphatic carbocycles. The summed E-state index contributed by atoms with van der Waals surface area (Å²) < 4.78 is 13.8. The SMILES string of the molecule is CC(CF)c1ccc2c(c1)ncc1ncsc12. The Balaban J connectivity index is 2.26. The summed E-state index contributed by atoms with van der Waals surface area (Å²) in [6.45, 7) is 1.54. The van der Waals surface area contributed by atoms with Crippen LogP contribution in [0.2, 0.25) is 0 Å². The molecule has 0 aliphatic rings. The van der Waals surface area contributed by atoms with Crippen molar-refractivity contribution < 1.29 is 4.39 Å². The van der Waals surface area contributed by atoms with Gasteiger partial charge >= 0.3 is 0 Å². The van der Waals surface area contributed by atoms with Gasteiger partial charge in [-0.1, -0.05) is 19.1 Å². The van der Waals surface area contributed by atoms with E-state index < -0.39 is 0 Å². The lowest BCUT2D eigenvalue weighted by Crippen LogP contribution is -1.95. The average Bonchev–Trinajstić information content (AvgIpc) is 2.85. The molecule has 2 heterocycles. The third kappa shape index (κ3) is 1.69. The van der Waals surface area contributed by atoms with Crippen molar-refractivity contribution in [1.82, 2.24) is 9.97 Å². The number of aromatic nitrogens is 2. The molecule has 3 aromatic rings. The van der Waals surface area contributed by atoms with Crippen LogP contribution in [-0.2, 0) is 0 Å². The number of hydrogen-bond donors (Lipinski definition) is 0. The molecule has 17 heavy (non-hydrogen) atoms. The summed E-state index contributed by atoms with van der Waals surface area (Å²) in [6, 6.07) is 5.97. The lowest BCUT2D eigenvalue weighted by Gasteiger charge is -2.08. The van der Waals surface area contributed by atoms with E-state index in [0.29, 0.717) is 0 Å². The van der Waals surface area contributed by atoms with Gasteiger partial charge in [0.2, 0.25) is 0 Å². The van der Waals surface area contributed by atoms with E-state index in [-0.39, 0.29) is 12.6 Å². The third-order valence-corrected chi connectivity index (χ3v) is 3.86. The molecule has 0 saturated carbocycles. The molecule has 3 rings (SSSR count). The summed E-state index contributed by atoms with van der Waals surface area (Å²) in [5, 5.41) is 1.10. The Morgan fingerprint density at radius 2 is 2.18 bits per heavy atom. The lowest BCUT2D eigenvalue weighted by molar-refractivity contribution is 0.447. The Labute approximate surface area is 102 Å². The van der Waals surface area contributed by atoms with E-state index in [4.69, 9.17) is 0 Å². The zero-order chi connectivity index (χ0) is 11.8. The summed E-state index contributed by atoms with van der Waals surface area (Å²) in [4.78, 5) is 8.62. The minimum absolute atomic E-state index is 0.0710. The molecule has 0 radical (unpaired) electrons. The van der Waals surface area contributed by atoms with E-state index in [1.54, 1.807) is 17.5 Å². The molecule has 4 heteroatoms. The fourth-order valence-corrected chi connectivity index (χ4v) is 2.72. The van der Waals surface area contributed by atoms with Crippen LogP contribution in [0.15, 0.2) is 29.9 Å². The Morgan fingerprint density at radius 3 is 3.00 bits per heavy atom. The minimum Gasteiger partial charge on any atom is -0.254 e. The molecule has 2 aromatic heterocycles. The number of rotatable bonds is 2. The number of halogens is 1. The monoisotopic (exact) mass is 246 g/mol. The number of pyridine rings is 1. The maximum atomic E-state index is 12.6. The first kappa shape index (κ1) is 10.6. The predicted octanol–water partition coefficient (Wildman–Crippen LogP) is 3.92. The summed E-state index contributed by atoms with van der Waals surface area (Å²) in [6.07, 6.45) is 1.78. The van der Waals surface area contributed by atoms with E-state index in [1.165, 1.54) is 0 Å². The molecule has 2 nitrogen and oxygen atoms in total. The molecule has 0 spiro atoms. The van der Waals surface area contributed by atoms with Crippen LogP contribution < -0.4 is 0 Å². The number of nitrogens with zero attached hydrogens (tertiary/aromatic N) is 2. The van der Waals surface area contributed by atoms with Crippen LogP contribution in [0.25, 0.3) is 21.1 Å². The van der Waals surface area contributed by atoms with Crippen LogP contribution >= 0.6 is 11.3 Å². The Kier molecular flexibility index (Phi) is 2.52. The van der Waals surface area contributed by atoms with Crippen LogP contribution in [0.5, 0.6) is 0 Å². The van der Waals surface area contributed by atoms with E-state index in [2.05, 4.69) is 9.97 Å². The first-order valence-electron chi connectivity index (χ1n) is 5.47. The van der Waals surface area contributed by atoms with Crippen LogP contribution in [0.1, 0.15) is 18.4 Å². The highest BCUT2D eigenvalue weighted by Crippen LogP contribution is 2.28. The maximum absolute atomic E-state index is 12.6. The summed E-state index contributed by atoms with van der Waals surface area (Å²) in [5.74, 6) is -0.0710. The summed E-state index contributed by atoms with van der Waals surface area (Å²) in [7, 11) is 0. The van der Waals surface area contributed by atoms with Gasteiger partial charge in [0.05, 0.1) is 28.6 Å². The zero-order valence-corrected chi connectivity index (χ0v) is 10.2. The van der Waals surface area contributed by atoms with Gasteiger partial charge in [0.15, 0.2) is 0 Å². The molecule has 86 valence electrons. The van der Waals surface area contributed by atoms with Crippen LogP contribution in [0.4, 0.5) is 4.39 Å². The van der Waals surface area contributed by atoms with Crippen molar-refractivity contribution in [2.24, 2.45) is 0 Å². The molecule has 0 amide bonds. The zero-order valence-electron chi connectivity index (χ0n) is 9.35. The highest BCUT2D eigenvalue weighted by atomic mass is 32.1. The number of hydrogen-bond acceptors (Lipinski definition) is 3. The normalized spacial score (nSPS) is 13.3. The van der Waals surface area contributed by atoms with Gasteiger partial charge in [-0.05, 0) is 11.6 Å². The second-order valence-electron chi connectivity index (χ2n) is 4.16. The topological polar surface area (TPSA) is 25.8 Å². The summed E-state index contributed by atoms with van der Waals surface area (Å²) in [5.41, 5.74) is 4.66. The van der Waals surface area contributed by atoms with Gasteiger partial charge in [0.25, 0.3) is 0 Å². The van der Waals surface area contributed by atoms with Crippen LogP contribution in [0, 0.1) is 0 Å². The molecule has 0 N–H and O–H groups in total. The van der Waals surface area contributed by atoms with Gasteiger partial charge in [-0.3, -0.25) is 9.37 Å². The average molecular weight is 246 g/mol. The quantitative estimate of drug-likeness (QED) is 0.685. The minimum atomic E-state index is -0.339. The van der Waals surface area contributed by atoms with Gasteiger partial charge in [-0.15, -0.1) is 11.3 Å². The summed E-state index contributed by atoms with van der Waals surface area (Å²) >= 11 is 1.61. The Hall–Kier alpha value is -1.55. The fourth-order valence-electron chi connectivity index (χ4n) is 1.92. The second kappa shape index (κ2) is 4.04.